The molecule has 0 bridgehead atoms. The predicted molar refractivity (Wildman–Crippen MR) is 91.3 cm³/mol. The lowest BCUT2D eigenvalue weighted by Crippen LogP contribution is -2.14. The van der Waals surface area contributed by atoms with Crippen molar-refractivity contribution in [2.45, 2.75) is 61.3 Å². The fourth-order valence-corrected chi connectivity index (χ4v) is 5.50. The van der Waals surface area contributed by atoms with Crippen molar-refractivity contribution in [2.75, 3.05) is 11.5 Å². The van der Waals surface area contributed by atoms with Crippen LogP contribution < -0.4 is 0 Å². The zero-order valence-corrected chi connectivity index (χ0v) is 15.2. The summed E-state index contributed by atoms with van der Waals surface area (Å²) in [5.74, 6) is 6.93. The lowest BCUT2D eigenvalue weighted by Gasteiger charge is -2.23. The molecule has 110 valence electrons. The van der Waals surface area contributed by atoms with Crippen molar-refractivity contribution in [3.05, 3.63) is 0 Å². The van der Waals surface area contributed by atoms with Gasteiger partial charge >= 0.3 is 0 Å². The van der Waals surface area contributed by atoms with Crippen LogP contribution in [0.5, 0.6) is 0 Å². The Hall–Kier alpha value is 0.700. The minimum Gasteiger partial charge on any atom is -0.0938 e. The smallest absolute Gasteiger partial charge is 0.00678 e. The van der Waals surface area contributed by atoms with Crippen molar-refractivity contribution in [1.29, 1.82) is 0 Å². The SMILES string of the molecule is CCC(CSSCC(CC(C)C)C(C)C)C(C)C. The third-order valence-corrected chi connectivity index (χ3v) is 6.44. The van der Waals surface area contributed by atoms with Gasteiger partial charge in [-0.1, -0.05) is 76.5 Å². The largest absolute Gasteiger partial charge is 0.0938 e. The van der Waals surface area contributed by atoms with Gasteiger partial charge < -0.3 is 0 Å². The summed E-state index contributed by atoms with van der Waals surface area (Å²) in [6.45, 7) is 16.5. The van der Waals surface area contributed by atoms with E-state index in [9.17, 15) is 0 Å². The lowest BCUT2D eigenvalue weighted by atomic mass is 9.89. The molecule has 0 aromatic rings. The van der Waals surface area contributed by atoms with E-state index >= 15 is 0 Å². The minimum absolute atomic E-state index is 0.826. The predicted octanol–water partition coefficient (Wildman–Crippen LogP) is 6.37. The van der Waals surface area contributed by atoms with E-state index in [0.29, 0.717) is 0 Å². The van der Waals surface area contributed by atoms with Crippen LogP contribution in [0.25, 0.3) is 0 Å². The van der Waals surface area contributed by atoms with Gasteiger partial charge in [0.1, 0.15) is 0 Å². The van der Waals surface area contributed by atoms with E-state index in [0.717, 1.165) is 29.6 Å². The Morgan fingerprint density at radius 2 is 1.17 bits per heavy atom. The molecule has 0 aliphatic carbocycles. The third kappa shape index (κ3) is 8.74. The highest BCUT2D eigenvalue weighted by Crippen LogP contribution is 2.33. The summed E-state index contributed by atoms with van der Waals surface area (Å²) in [5, 5.41) is 0. The molecule has 0 saturated heterocycles. The number of hydrogen-bond acceptors (Lipinski definition) is 2. The highest BCUT2D eigenvalue weighted by Gasteiger charge is 2.16. The molecule has 0 aliphatic rings. The highest BCUT2D eigenvalue weighted by atomic mass is 33.1. The fraction of sp³-hybridized carbons (Fsp3) is 1.00. The minimum atomic E-state index is 0.826. The Balaban J connectivity index is 3.85. The molecule has 0 nitrogen and oxygen atoms in total. The van der Waals surface area contributed by atoms with Crippen molar-refractivity contribution in [3.63, 3.8) is 0 Å². The fourth-order valence-electron chi connectivity index (χ4n) is 2.19. The van der Waals surface area contributed by atoms with E-state index in [2.05, 4.69) is 70.1 Å². The summed E-state index contributed by atoms with van der Waals surface area (Å²) in [6, 6.07) is 0. The maximum atomic E-state index is 2.38. The molecule has 0 aromatic heterocycles. The van der Waals surface area contributed by atoms with Gasteiger partial charge in [-0.3, -0.25) is 0 Å². The Morgan fingerprint density at radius 3 is 1.50 bits per heavy atom. The van der Waals surface area contributed by atoms with Crippen molar-refractivity contribution >= 4 is 21.6 Å². The van der Waals surface area contributed by atoms with Crippen molar-refractivity contribution in [3.8, 4) is 0 Å². The van der Waals surface area contributed by atoms with Gasteiger partial charge in [0.25, 0.3) is 0 Å². The first kappa shape index (κ1) is 18.7. The normalized spacial score (nSPS) is 15.7. The first-order valence-corrected chi connectivity index (χ1v) is 10.1. The Morgan fingerprint density at radius 1 is 0.722 bits per heavy atom. The molecule has 0 rings (SSSR count). The second-order valence-corrected chi connectivity index (χ2v) is 9.17. The maximum Gasteiger partial charge on any atom is 0.00678 e. The molecule has 0 amide bonds. The molecule has 0 radical (unpaired) electrons. The van der Waals surface area contributed by atoms with E-state index in [1.54, 1.807) is 0 Å². The zero-order chi connectivity index (χ0) is 14.1. The van der Waals surface area contributed by atoms with Gasteiger partial charge in [0.15, 0.2) is 0 Å². The van der Waals surface area contributed by atoms with E-state index < -0.39 is 0 Å². The van der Waals surface area contributed by atoms with Gasteiger partial charge in [-0.15, -0.1) is 0 Å². The summed E-state index contributed by atoms with van der Waals surface area (Å²) in [4.78, 5) is 0. The molecule has 2 heteroatoms. The molecule has 0 fully saturated rings. The van der Waals surface area contributed by atoms with E-state index in [1.165, 1.54) is 24.3 Å². The molecular formula is C16H34S2. The first-order chi connectivity index (χ1) is 8.38. The summed E-state index contributed by atoms with van der Waals surface area (Å²) >= 11 is 0. The van der Waals surface area contributed by atoms with Crippen LogP contribution in [0.1, 0.15) is 61.3 Å². The van der Waals surface area contributed by atoms with Crippen LogP contribution in [0.2, 0.25) is 0 Å². The summed E-state index contributed by atoms with van der Waals surface area (Å²) < 4.78 is 0. The molecule has 0 heterocycles. The molecule has 2 unspecified atom stereocenters. The quantitative estimate of drug-likeness (QED) is 0.339. The first-order valence-electron chi connectivity index (χ1n) is 7.62. The zero-order valence-electron chi connectivity index (χ0n) is 13.5. The molecule has 0 aromatic carbocycles. The summed E-state index contributed by atoms with van der Waals surface area (Å²) in [5.41, 5.74) is 0. The van der Waals surface area contributed by atoms with E-state index in [-0.39, 0.29) is 0 Å². The second-order valence-electron chi connectivity index (χ2n) is 6.62. The van der Waals surface area contributed by atoms with Crippen LogP contribution >= 0.6 is 21.6 Å². The van der Waals surface area contributed by atoms with Gasteiger partial charge in [-0.25, -0.2) is 0 Å². The third-order valence-electron chi connectivity index (χ3n) is 3.83. The Bertz CT molecular complexity index is 188. The van der Waals surface area contributed by atoms with Crippen LogP contribution in [0.15, 0.2) is 0 Å². The van der Waals surface area contributed by atoms with Gasteiger partial charge in [-0.05, 0) is 36.0 Å². The number of hydrogen-bond donors (Lipinski definition) is 0. The van der Waals surface area contributed by atoms with Crippen molar-refractivity contribution in [2.24, 2.45) is 29.6 Å². The molecule has 0 spiro atoms. The molecule has 18 heavy (non-hydrogen) atoms. The van der Waals surface area contributed by atoms with Gasteiger partial charge in [-0.2, -0.15) is 0 Å². The molecule has 0 aliphatic heterocycles. The molecular weight excluding hydrogens is 256 g/mol. The van der Waals surface area contributed by atoms with Gasteiger partial charge in [0.05, 0.1) is 0 Å². The topological polar surface area (TPSA) is 0 Å². The van der Waals surface area contributed by atoms with E-state index in [4.69, 9.17) is 0 Å². The van der Waals surface area contributed by atoms with E-state index in [1.807, 2.05) is 0 Å². The molecule has 0 N–H and O–H groups in total. The van der Waals surface area contributed by atoms with Crippen LogP contribution in [0.3, 0.4) is 0 Å². The van der Waals surface area contributed by atoms with Gasteiger partial charge in [0.2, 0.25) is 0 Å². The standard InChI is InChI=1S/C16H34S2/c1-8-15(13(4)5)10-17-18-11-16(14(6)7)9-12(2)3/h12-16H,8-11H2,1-7H3. The van der Waals surface area contributed by atoms with Crippen LogP contribution in [0.4, 0.5) is 0 Å². The van der Waals surface area contributed by atoms with Crippen molar-refractivity contribution in [1.82, 2.24) is 0 Å². The Labute approximate surface area is 124 Å². The van der Waals surface area contributed by atoms with Crippen molar-refractivity contribution < 1.29 is 0 Å². The average molecular weight is 291 g/mol. The monoisotopic (exact) mass is 290 g/mol. The van der Waals surface area contributed by atoms with Crippen LogP contribution in [-0.4, -0.2) is 11.5 Å². The maximum absolute atomic E-state index is 2.38. The van der Waals surface area contributed by atoms with Crippen LogP contribution in [0, 0.1) is 29.6 Å². The Kier molecular flexibility index (Phi) is 10.9. The number of rotatable bonds is 10. The lowest BCUT2D eigenvalue weighted by molar-refractivity contribution is 0.350. The summed E-state index contributed by atoms with van der Waals surface area (Å²) in [7, 11) is 4.21. The average Bonchev–Trinajstić information content (AvgIpc) is 2.26. The van der Waals surface area contributed by atoms with Gasteiger partial charge in [0, 0.05) is 11.5 Å². The highest BCUT2D eigenvalue weighted by molar-refractivity contribution is 8.76. The molecule has 0 saturated carbocycles. The van der Waals surface area contributed by atoms with Crippen LogP contribution in [-0.2, 0) is 0 Å². The summed E-state index contributed by atoms with van der Waals surface area (Å²) in [6.07, 6.45) is 2.71. The second kappa shape index (κ2) is 10.5. The molecule has 2 atom stereocenters.